The number of nitrogens with one attached hydrogen (secondary N) is 1. The van der Waals surface area contributed by atoms with Crippen molar-refractivity contribution >= 4 is 0 Å². The van der Waals surface area contributed by atoms with Gasteiger partial charge in [-0.3, -0.25) is 0 Å². The van der Waals surface area contributed by atoms with Crippen molar-refractivity contribution in [3.05, 3.63) is 5.82 Å². The van der Waals surface area contributed by atoms with Crippen LogP contribution < -0.4 is 5.32 Å². The minimum absolute atomic E-state index is 0.206. The van der Waals surface area contributed by atoms with Gasteiger partial charge in [-0.15, -0.1) is 10.2 Å². The van der Waals surface area contributed by atoms with Gasteiger partial charge in [0.2, 0.25) is 0 Å². The van der Waals surface area contributed by atoms with E-state index in [1.54, 1.807) is 0 Å². The summed E-state index contributed by atoms with van der Waals surface area (Å²) in [4.78, 5) is 1.54. The van der Waals surface area contributed by atoms with E-state index in [9.17, 15) is 0 Å². The molecule has 0 amide bonds. The van der Waals surface area contributed by atoms with Gasteiger partial charge in [0.25, 0.3) is 0 Å². The van der Waals surface area contributed by atoms with Crippen LogP contribution in [0.5, 0.6) is 0 Å². The van der Waals surface area contributed by atoms with Gasteiger partial charge in [0.15, 0.2) is 5.82 Å². The van der Waals surface area contributed by atoms with E-state index in [2.05, 4.69) is 34.6 Å². The van der Waals surface area contributed by atoms with E-state index in [-0.39, 0.29) is 5.54 Å². The van der Waals surface area contributed by atoms with Crippen LogP contribution in [0, 0.1) is 5.92 Å². The molecule has 1 saturated heterocycles. The molecule has 1 unspecified atom stereocenters. The van der Waals surface area contributed by atoms with E-state index in [1.165, 1.54) is 24.1 Å². The number of aryl methyl sites for hydroxylation is 1. The van der Waals surface area contributed by atoms with Crippen molar-refractivity contribution in [1.82, 2.24) is 25.5 Å². The topological polar surface area (TPSA) is 55.6 Å². The van der Waals surface area contributed by atoms with Gasteiger partial charge in [0.05, 0.1) is 7.05 Å². The molecule has 0 saturated carbocycles. The average molecular weight is 223 g/mol. The van der Waals surface area contributed by atoms with Crippen molar-refractivity contribution in [3.8, 4) is 0 Å². The molecular weight excluding hydrogens is 202 g/mol. The maximum absolute atomic E-state index is 4.28. The summed E-state index contributed by atoms with van der Waals surface area (Å²) >= 11 is 0. The maximum Gasteiger partial charge on any atom is 0.176 e. The zero-order chi connectivity index (χ0) is 11.6. The molecule has 1 aromatic rings. The Hall–Kier alpha value is -0.970. The molecule has 0 radical (unpaired) electrons. The fourth-order valence-corrected chi connectivity index (χ4v) is 2.74. The van der Waals surface area contributed by atoms with Crippen molar-refractivity contribution in [2.24, 2.45) is 13.0 Å². The van der Waals surface area contributed by atoms with E-state index in [4.69, 9.17) is 0 Å². The predicted molar refractivity (Wildman–Crippen MR) is 61.9 cm³/mol. The predicted octanol–water partition coefficient (Wildman–Crippen LogP) is 0.921. The molecule has 2 rings (SSSR count). The van der Waals surface area contributed by atoms with Crippen LogP contribution in [0.3, 0.4) is 0 Å². The fraction of sp³-hybridized carbons (Fsp3) is 0.909. The largest absolute Gasteiger partial charge is 0.311 e. The monoisotopic (exact) mass is 223 g/mol. The van der Waals surface area contributed by atoms with Gasteiger partial charge in [-0.2, -0.15) is 4.80 Å². The lowest BCUT2D eigenvalue weighted by Gasteiger charge is -2.30. The van der Waals surface area contributed by atoms with Crippen LogP contribution in [0.4, 0.5) is 0 Å². The van der Waals surface area contributed by atoms with Gasteiger partial charge in [-0.25, -0.2) is 0 Å². The summed E-state index contributed by atoms with van der Waals surface area (Å²) in [5.74, 6) is 1.56. The number of rotatable bonds is 4. The molecule has 1 N–H and O–H groups in total. The highest BCUT2D eigenvalue weighted by Gasteiger charge is 2.35. The quantitative estimate of drug-likeness (QED) is 0.824. The molecule has 1 atom stereocenters. The van der Waals surface area contributed by atoms with Crippen molar-refractivity contribution in [2.45, 2.75) is 45.1 Å². The highest BCUT2D eigenvalue weighted by Crippen LogP contribution is 2.29. The number of tetrazole rings is 1. The molecule has 2 heterocycles. The van der Waals surface area contributed by atoms with Gasteiger partial charge < -0.3 is 5.32 Å². The Morgan fingerprint density at radius 1 is 1.50 bits per heavy atom. The Kier molecular flexibility index (Phi) is 3.23. The van der Waals surface area contributed by atoms with Crippen molar-refractivity contribution in [2.75, 3.05) is 6.54 Å². The first-order valence-electron chi connectivity index (χ1n) is 6.08. The Morgan fingerprint density at radius 2 is 2.31 bits per heavy atom. The number of aromatic nitrogens is 4. The van der Waals surface area contributed by atoms with Crippen LogP contribution in [-0.4, -0.2) is 32.3 Å². The van der Waals surface area contributed by atoms with Gasteiger partial charge in [0, 0.05) is 12.0 Å². The molecule has 5 heteroatoms. The van der Waals surface area contributed by atoms with Crippen molar-refractivity contribution in [3.63, 3.8) is 0 Å². The summed E-state index contributed by atoms with van der Waals surface area (Å²) in [6.07, 6.45) is 4.57. The molecule has 1 fully saturated rings. The summed E-state index contributed by atoms with van der Waals surface area (Å²) < 4.78 is 0. The lowest BCUT2D eigenvalue weighted by atomic mass is 9.84. The molecule has 1 aromatic heterocycles. The molecule has 0 aliphatic carbocycles. The molecule has 16 heavy (non-hydrogen) atoms. The molecule has 1 aliphatic rings. The van der Waals surface area contributed by atoms with Crippen molar-refractivity contribution in [1.29, 1.82) is 0 Å². The molecule has 90 valence electrons. The van der Waals surface area contributed by atoms with Gasteiger partial charge in [-0.1, -0.05) is 13.8 Å². The van der Waals surface area contributed by atoms with Gasteiger partial charge in [0.1, 0.15) is 0 Å². The standard InChI is InChI=1S/C11H21N5/c1-9(2)7-11(5-4-6-12-11)8-10-13-15-16(3)14-10/h9,12H,4-8H2,1-3H3. The van der Waals surface area contributed by atoms with E-state index < -0.39 is 0 Å². The second-order valence-electron chi connectivity index (χ2n) is 5.28. The molecule has 5 nitrogen and oxygen atoms in total. The smallest absolute Gasteiger partial charge is 0.176 e. The highest BCUT2D eigenvalue weighted by atomic mass is 15.6. The first kappa shape index (κ1) is 11.5. The molecule has 1 aliphatic heterocycles. The molecular formula is C11H21N5. The van der Waals surface area contributed by atoms with Gasteiger partial charge in [-0.05, 0) is 36.9 Å². The lowest BCUT2D eigenvalue weighted by Crippen LogP contribution is -2.43. The summed E-state index contributed by atoms with van der Waals surface area (Å²) in [7, 11) is 1.81. The maximum atomic E-state index is 4.28. The molecule has 0 spiro atoms. The first-order valence-corrected chi connectivity index (χ1v) is 6.08. The molecule has 0 aromatic carbocycles. The second-order valence-corrected chi connectivity index (χ2v) is 5.28. The Bertz CT molecular complexity index is 338. The van der Waals surface area contributed by atoms with Crippen molar-refractivity contribution < 1.29 is 0 Å². The minimum atomic E-state index is 0.206. The minimum Gasteiger partial charge on any atom is -0.311 e. The number of hydrogen-bond acceptors (Lipinski definition) is 4. The highest BCUT2D eigenvalue weighted by molar-refractivity contribution is 5.00. The lowest BCUT2D eigenvalue weighted by molar-refractivity contribution is 0.296. The Morgan fingerprint density at radius 3 is 2.81 bits per heavy atom. The third kappa shape index (κ3) is 2.58. The van der Waals surface area contributed by atoms with Crippen LogP contribution in [0.25, 0.3) is 0 Å². The Labute approximate surface area is 96.6 Å². The van der Waals surface area contributed by atoms with E-state index in [0.29, 0.717) is 5.92 Å². The summed E-state index contributed by atoms with van der Waals surface area (Å²) in [6, 6.07) is 0. The summed E-state index contributed by atoms with van der Waals surface area (Å²) in [5, 5.41) is 15.9. The van der Waals surface area contributed by atoms with E-state index >= 15 is 0 Å². The number of nitrogens with zero attached hydrogens (tertiary/aromatic N) is 4. The summed E-state index contributed by atoms with van der Waals surface area (Å²) in [5.41, 5.74) is 0.206. The SMILES string of the molecule is CC(C)CC1(Cc2nnn(C)n2)CCCN1. The fourth-order valence-electron chi connectivity index (χ4n) is 2.74. The average Bonchev–Trinajstić information content (AvgIpc) is 2.76. The summed E-state index contributed by atoms with van der Waals surface area (Å²) in [6.45, 7) is 5.66. The first-order chi connectivity index (χ1) is 7.60. The van der Waals surface area contributed by atoms with E-state index in [1.807, 2.05) is 7.05 Å². The second kappa shape index (κ2) is 4.49. The van der Waals surface area contributed by atoms with Crippen LogP contribution in [-0.2, 0) is 13.5 Å². The molecule has 0 bridgehead atoms. The van der Waals surface area contributed by atoms with E-state index in [0.717, 1.165) is 18.8 Å². The van der Waals surface area contributed by atoms with Crippen LogP contribution in [0.15, 0.2) is 0 Å². The number of hydrogen-bond donors (Lipinski definition) is 1. The van der Waals surface area contributed by atoms with Gasteiger partial charge >= 0.3 is 0 Å². The third-order valence-electron chi connectivity index (χ3n) is 3.18. The van der Waals surface area contributed by atoms with Crippen LogP contribution in [0.1, 0.15) is 38.9 Å². The third-order valence-corrected chi connectivity index (χ3v) is 3.18. The van der Waals surface area contributed by atoms with Crippen LogP contribution in [0.2, 0.25) is 0 Å². The Balaban J connectivity index is 2.08. The zero-order valence-corrected chi connectivity index (χ0v) is 10.4. The normalized spacial score (nSPS) is 25.5. The van der Waals surface area contributed by atoms with Crippen LogP contribution >= 0.6 is 0 Å². The zero-order valence-electron chi connectivity index (χ0n) is 10.4.